The molecule has 0 radical (unpaired) electrons. The van der Waals surface area contributed by atoms with Crippen LogP contribution in [0.25, 0.3) is 0 Å². The van der Waals surface area contributed by atoms with Crippen LogP contribution < -0.4 is 15.8 Å². The highest BCUT2D eigenvalue weighted by molar-refractivity contribution is 6.04. The van der Waals surface area contributed by atoms with E-state index in [0.717, 1.165) is 6.07 Å². The first-order chi connectivity index (χ1) is 9.10. The molecular weight excluding hydrogens is 249 g/mol. The first-order valence-corrected chi connectivity index (χ1v) is 5.46. The largest absolute Gasteiger partial charge is 0.481 e. The third kappa shape index (κ3) is 2.98. The van der Waals surface area contributed by atoms with Crippen LogP contribution in [0.5, 0.6) is 5.88 Å². The zero-order valence-electron chi connectivity index (χ0n) is 10.2. The smallest absolute Gasteiger partial charge is 0.258 e. The summed E-state index contributed by atoms with van der Waals surface area (Å²) < 4.78 is 18.4. The molecule has 0 saturated carbocycles. The Kier molecular flexibility index (Phi) is 3.61. The van der Waals surface area contributed by atoms with Crippen LogP contribution in [0.3, 0.4) is 0 Å². The van der Waals surface area contributed by atoms with E-state index in [2.05, 4.69) is 10.3 Å². The third-order valence-electron chi connectivity index (χ3n) is 2.44. The summed E-state index contributed by atoms with van der Waals surface area (Å²) in [5.41, 5.74) is 6.16. The van der Waals surface area contributed by atoms with E-state index in [1.165, 1.54) is 25.4 Å². The van der Waals surface area contributed by atoms with Crippen LogP contribution in [0.15, 0.2) is 36.5 Å². The summed E-state index contributed by atoms with van der Waals surface area (Å²) in [6, 6.07) is 7.01. The molecule has 19 heavy (non-hydrogen) atoms. The molecule has 1 aromatic carbocycles. The Labute approximate surface area is 109 Å². The summed E-state index contributed by atoms with van der Waals surface area (Å²) in [6.45, 7) is 0. The second kappa shape index (κ2) is 5.34. The number of rotatable bonds is 3. The lowest BCUT2D eigenvalue weighted by atomic mass is 10.1. The Balaban J connectivity index is 2.18. The molecule has 0 aliphatic carbocycles. The SMILES string of the molecule is COc1ccc(NC(=O)c2cc(N)ccc2F)cn1. The fourth-order valence-electron chi connectivity index (χ4n) is 1.49. The predicted molar refractivity (Wildman–Crippen MR) is 69.6 cm³/mol. The van der Waals surface area contributed by atoms with Crippen molar-refractivity contribution in [1.29, 1.82) is 0 Å². The van der Waals surface area contributed by atoms with Crippen molar-refractivity contribution in [3.63, 3.8) is 0 Å². The Bertz CT molecular complexity index is 599. The van der Waals surface area contributed by atoms with Crippen LogP contribution in [-0.2, 0) is 0 Å². The fraction of sp³-hybridized carbons (Fsp3) is 0.0769. The van der Waals surface area contributed by atoms with Crippen LogP contribution in [0.1, 0.15) is 10.4 Å². The van der Waals surface area contributed by atoms with Crippen molar-refractivity contribution >= 4 is 17.3 Å². The zero-order chi connectivity index (χ0) is 13.8. The standard InChI is InChI=1S/C13H12FN3O2/c1-19-12-5-3-9(7-16-12)17-13(18)10-6-8(15)2-4-11(10)14/h2-7H,15H2,1H3,(H,17,18). The van der Waals surface area contributed by atoms with Crippen LogP contribution in [-0.4, -0.2) is 18.0 Å². The molecule has 1 amide bonds. The zero-order valence-corrected chi connectivity index (χ0v) is 10.2. The fourth-order valence-corrected chi connectivity index (χ4v) is 1.49. The lowest BCUT2D eigenvalue weighted by Gasteiger charge is -2.07. The van der Waals surface area contributed by atoms with Gasteiger partial charge >= 0.3 is 0 Å². The van der Waals surface area contributed by atoms with E-state index in [-0.39, 0.29) is 5.56 Å². The van der Waals surface area contributed by atoms with Crippen molar-refractivity contribution in [2.45, 2.75) is 0 Å². The highest BCUT2D eigenvalue weighted by Gasteiger charge is 2.12. The summed E-state index contributed by atoms with van der Waals surface area (Å²) in [7, 11) is 1.49. The van der Waals surface area contributed by atoms with Crippen molar-refractivity contribution in [3.05, 3.63) is 47.9 Å². The number of aromatic nitrogens is 1. The molecule has 1 heterocycles. The minimum Gasteiger partial charge on any atom is -0.481 e. The predicted octanol–water partition coefficient (Wildman–Crippen LogP) is 2.06. The number of nitrogens with one attached hydrogen (secondary N) is 1. The molecule has 0 aliphatic heterocycles. The van der Waals surface area contributed by atoms with Gasteiger partial charge in [0.1, 0.15) is 5.82 Å². The molecule has 6 heteroatoms. The molecule has 0 atom stereocenters. The van der Waals surface area contributed by atoms with Gasteiger partial charge < -0.3 is 15.8 Å². The molecule has 98 valence electrons. The highest BCUT2D eigenvalue weighted by Crippen LogP contribution is 2.16. The number of carbonyl (C=O) groups excluding carboxylic acids is 1. The van der Waals surface area contributed by atoms with Crippen molar-refractivity contribution < 1.29 is 13.9 Å². The first kappa shape index (κ1) is 12.8. The van der Waals surface area contributed by atoms with Gasteiger partial charge in [-0.3, -0.25) is 4.79 Å². The second-order valence-corrected chi connectivity index (χ2v) is 3.78. The van der Waals surface area contributed by atoms with E-state index in [0.29, 0.717) is 17.3 Å². The molecule has 0 spiro atoms. The Morgan fingerprint density at radius 1 is 1.37 bits per heavy atom. The Hall–Kier alpha value is -2.63. The van der Waals surface area contributed by atoms with Crippen molar-refractivity contribution in [1.82, 2.24) is 4.98 Å². The lowest BCUT2D eigenvalue weighted by molar-refractivity contribution is 0.102. The maximum atomic E-state index is 13.5. The lowest BCUT2D eigenvalue weighted by Crippen LogP contribution is -2.14. The topological polar surface area (TPSA) is 77.2 Å². The van der Waals surface area contributed by atoms with Gasteiger partial charge in [0, 0.05) is 11.8 Å². The number of ether oxygens (including phenoxy) is 1. The van der Waals surface area contributed by atoms with Gasteiger partial charge in [0.15, 0.2) is 0 Å². The molecule has 1 aromatic heterocycles. The summed E-state index contributed by atoms with van der Waals surface area (Å²) in [5, 5.41) is 2.53. The van der Waals surface area contributed by atoms with E-state index in [4.69, 9.17) is 10.5 Å². The number of hydrogen-bond acceptors (Lipinski definition) is 4. The number of carbonyl (C=O) groups is 1. The number of methoxy groups -OCH3 is 1. The Morgan fingerprint density at radius 2 is 2.16 bits per heavy atom. The van der Waals surface area contributed by atoms with Crippen molar-refractivity contribution in [3.8, 4) is 5.88 Å². The van der Waals surface area contributed by atoms with Crippen molar-refractivity contribution in [2.75, 3.05) is 18.2 Å². The number of amides is 1. The molecule has 0 aliphatic rings. The van der Waals surface area contributed by atoms with E-state index >= 15 is 0 Å². The number of benzene rings is 1. The number of halogens is 1. The second-order valence-electron chi connectivity index (χ2n) is 3.78. The van der Waals surface area contributed by atoms with E-state index in [1.54, 1.807) is 12.1 Å². The van der Waals surface area contributed by atoms with Gasteiger partial charge in [0.05, 0.1) is 24.6 Å². The van der Waals surface area contributed by atoms with Gasteiger partial charge in [-0.1, -0.05) is 0 Å². The third-order valence-corrected chi connectivity index (χ3v) is 2.44. The van der Waals surface area contributed by atoms with Crippen LogP contribution in [0, 0.1) is 5.82 Å². The number of pyridine rings is 1. The van der Waals surface area contributed by atoms with Gasteiger partial charge in [-0.25, -0.2) is 9.37 Å². The van der Waals surface area contributed by atoms with Crippen molar-refractivity contribution in [2.24, 2.45) is 0 Å². The molecule has 2 aromatic rings. The van der Waals surface area contributed by atoms with Gasteiger partial charge in [0.25, 0.3) is 5.91 Å². The molecule has 3 N–H and O–H groups in total. The molecule has 0 unspecified atom stereocenters. The highest BCUT2D eigenvalue weighted by atomic mass is 19.1. The minimum atomic E-state index is -0.631. The van der Waals surface area contributed by atoms with E-state index < -0.39 is 11.7 Å². The van der Waals surface area contributed by atoms with Gasteiger partial charge in [-0.05, 0) is 24.3 Å². The number of anilines is 2. The van der Waals surface area contributed by atoms with Gasteiger partial charge in [0.2, 0.25) is 5.88 Å². The number of hydrogen-bond donors (Lipinski definition) is 2. The quantitative estimate of drug-likeness (QED) is 0.829. The molecule has 0 fully saturated rings. The number of nitrogens with zero attached hydrogens (tertiary/aromatic N) is 1. The average Bonchev–Trinajstić information content (AvgIpc) is 2.42. The molecule has 0 bridgehead atoms. The molecule has 2 rings (SSSR count). The van der Waals surface area contributed by atoms with Gasteiger partial charge in [-0.15, -0.1) is 0 Å². The first-order valence-electron chi connectivity index (χ1n) is 5.46. The minimum absolute atomic E-state index is 0.115. The summed E-state index contributed by atoms with van der Waals surface area (Å²) in [5.74, 6) is -0.793. The molecular formula is C13H12FN3O2. The van der Waals surface area contributed by atoms with E-state index in [1.807, 2.05) is 0 Å². The maximum Gasteiger partial charge on any atom is 0.258 e. The molecule has 5 nitrogen and oxygen atoms in total. The Morgan fingerprint density at radius 3 is 2.79 bits per heavy atom. The van der Waals surface area contributed by atoms with Gasteiger partial charge in [-0.2, -0.15) is 0 Å². The number of nitrogens with two attached hydrogens (primary N) is 1. The summed E-state index contributed by atoms with van der Waals surface area (Å²) >= 11 is 0. The normalized spacial score (nSPS) is 10.0. The van der Waals surface area contributed by atoms with Crippen LogP contribution in [0.4, 0.5) is 15.8 Å². The van der Waals surface area contributed by atoms with Crippen LogP contribution in [0.2, 0.25) is 0 Å². The summed E-state index contributed by atoms with van der Waals surface area (Å²) in [6.07, 6.45) is 1.42. The monoisotopic (exact) mass is 261 g/mol. The average molecular weight is 261 g/mol. The van der Waals surface area contributed by atoms with E-state index in [9.17, 15) is 9.18 Å². The number of nitrogen functional groups attached to an aromatic ring is 1. The maximum absolute atomic E-state index is 13.5. The van der Waals surface area contributed by atoms with Crippen LogP contribution >= 0.6 is 0 Å². The summed E-state index contributed by atoms with van der Waals surface area (Å²) in [4.78, 5) is 15.8. The molecule has 0 saturated heterocycles.